The summed E-state index contributed by atoms with van der Waals surface area (Å²) in [5, 5.41) is 3.51. The molecule has 0 heterocycles. The van der Waals surface area contributed by atoms with Gasteiger partial charge in [-0.2, -0.15) is 0 Å². The van der Waals surface area contributed by atoms with E-state index in [1.807, 2.05) is 19.2 Å². The molecule has 0 unspecified atom stereocenters. The van der Waals surface area contributed by atoms with Crippen molar-refractivity contribution in [3.05, 3.63) is 34.6 Å². The molecule has 0 saturated heterocycles. The van der Waals surface area contributed by atoms with E-state index in [1.165, 1.54) is 25.7 Å². The predicted molar refractivity (Wildman–Crippen MR) is 88.5 cm³/mol. The standard InChI is InChI=1S/C18H27ClFN/c1-4-9-17(10-5-2)11-18(12-17,13-21-3)14-7-6-8-15(19)16(14)20/h6-8,21H,4-5,9-13H2,1-3H3. The Morgan fingerprint density at radius 3 is 2.33 bits per heavy atom. The molecule has 3 heteroatoms. The van der Waals surface area contributed by atoms with Gasteiger partial charge in [0.1, 0.15) is 5.82 Å². The van der Waals surface area contributed by atoms with Gasteiger partial charge < -0.3 is 5.32 Å². The molecule has 1 aromatic rings. The number of benzene rings is 1. The number of nitrogens with one attached hydrogen (secondary N) is 1. The van der Waals surface area contributed by atoms with Crippen LogP contribution in [0.4, 0.5) is 4.39 Å². The zero-order valence-corrected chi connectivity index (χ0v) is 14.2. The summed E-state index contributed by atoms with van der Waals surface area (Å²) in [5.74, 6) is -0.226. The van der Waals surface area contributed by atoms with E-state index in [0.29, 0.717) is 5.41 Å². The highest BCUT2D eigenvalue weighted by Gasteiger charge is 2.54. The second-order valence-corrected chi connectivity index (χ2v) is 7.17. The van der Waals surface area contributed by atoms with Crippen molar-refractivity contribution in [2.75, 3.05) is 13.6 Å². The summed E-state index contributed by atoms with van der Waals surface area (Å²) in [6.07, 6.45) is 7.03. The summed E-state index contributed by atoms with van der Waals surface area (Å²) < 4.78 is 14.5. The van der Waals surface area contributed by atoms with Crippen LogP contribution in [0.5, 0.6) is 0 Å². The third-order valence-corrected chi connectivity index (χ3v) is 5.32. The molecule has 0 amide bonds. The maximum Gasteiger partial charge on any atom is 0.145 e. The first kappa shape index (κ1) is 16.8. The smallest absolute Gasteiger partial charge is 0.145 e. The van der Waals surface area contributed by atoms with E-state index in [2.05, 4.69) is 19.2 Å². The zero-order valence-electron chi connectivity index (χ0n) is 13.4. The predicted octanol–water partition coefficient (Wildman–Crippen LogP) is 5.32. The minimum Gasteiger partial charge on any atom is -0.319 e. The molecule has 1 aliphatic rings. The van der Waals surface area contributed by atoms with Gasteiger partial charge in [0, 0.05) is 12.0 Å². The first-order valence-electron chi connectivity index (χ1n) is 8.11. The molecule has 0 atom stereocenters. The van der Waals surface area contributed by atoms with E-state index in [0.717, 1.165) is 24.9 Å². The van der Waals surface area contributed by atoms with Gasteiger partial charge in [-0.05, 0) is 49.8 Å². The van der Waals surface area contributed by atoms with Gasteiger partial charge in [0.05, 0.1) is 5.02 Å². The Balaban J connectivity index is 2.30. The number of halogens is 2. The molecule has 0 bridgehead atoms. The molecule has 0 aliphatic heterocycles. The van der Waals surface area contributed by atoms with Crippen LogP contribution in [0.25, 0.3) is 0 Å². The fraction of sp³-hybridized carbons (Fsp3) is 0.667. The van der Waals surface area contributed by atoms with Crippen molar-refractivity contribution in [2.24, 2.45) is 5.41 Å². The summed E-state index contributed by atoms with van der Waals surface area (Å²) >= 11 is 6.00. The highest BCUT2D eigenvalue weighted by Crippen LogP contribution is 2.60. The molecule has 1 nitrogen and oxygen atoms in total. The fourth-order valence-corrected chi connectivity index (χ4v) is 4.76. The van der Waals surface area contributed by atoms with Crippen molar-refractivity contribution in [2.45, 2.75) is 57.8 Å². The fourth-order valence-electron chi connectivity index (χ4n) is 4.59. The van der Waals surface area contributed by atoms with Crippen molar-refractivity contribution in [1.82, 2.24) is 5.32 Å². The molecule has 0 spiro atoms. The van der Waals surface area contributed by atoms with E-state index >= 15 is 0 Å². The van der Waals surface area contributed by atoms with E-state index in [4.69, 9.17) is 11.6 Å². The van der Waals surface area contributed by atoms with E-state index in [1.54, 1.807) is 6.07 Å². The summed E-state index contributed by atoms with van der Waals surface area (Å²) in [4.78, 5) is 0. The normalized spacial score (nSPS) is 19.3. The molecule has 2 rings (SSSR count). The highest BCUT2D eigenvalue weighted by molar-refractivity contribution is 6.30. The molecule has 1 N–H and O–H groups in total. The SMILES string of the molecule is CCCC1(CCC)CC(CNC)(c2cccc(Cl)c2F)C1. The van der Waals surface area contributed by atoms with E-state index < -0.39 is 0 Å². The van der Waals surface area contributed by atoms with Crippen LogP contribution in [0.1, 0.15) is 57.9 Å². The largest absolute Gasteiger partial charge is 0.319 e. The first-order valence-corrected chi connectivity index (χ1v) is 8.49. The Morgan fingerprint density at radius 2 is 1.81 bits per heavy atom. The van der Waals surface area contributed by atoms with Gasteiger partial charge in [-0.15, -0.1) is 0 Å². The molecular formula is C18H27ClFN. The van der Waals surface area contributed by atoms with Crippen LogP contribution >= 0.6 is 11.6 Å². The van der Waals surface area contributed by atoms with Gasteiger partial charge in [-0.25, -0.2) is 4.39 Å². The average molecular weight is 312 g/mol. The molecule has 1 aliphatic carbocycles. The van der Waals surface area contributed by atoms with Crippen LogP contribution in [-0.2, 0) is 5.41 Å². The Kier molecular flexibility index (Phi) is 5.32. The van der Waals surface area contributed by atoms with Crippen LogP contribution < -0.4 is 5.32 Å². The zero-order chi connectivity index (χ0) is 15.5. The van der Waals surface area contributed by atoms with Gasteiger partial charge in [0.25, 0.3) is 0 Å². The van der Waals surface area contributed by atoms with Crippen LogP contribution in [0.3, 0.4) is 0 Å². The van der Waals surface area contributed by atoms with Crippen molar-refractivity contribution < 1.29 is 4.39 Å². The van der Waals surface area contributed by atoms with Crippen molar-refractivity contribution in [3.63, 3.8) is 0 Å². The molecular weight excluding hydrogens is 285 g/mol. The summed E-state index contributed by atoms with van der Waals surface area (Å²) in [6.45, 7) is 5.31. The molecule has 1 aromatic carbocycles. The number of likely N-dealkylation sites (N-methyl/N-ethyl adjacent to an activating group) is 1. The molecule has 1 saturated carbocycles. The second-order valence-electron chi connectivity index (χ2n) is 6.77. The van der Waals surface area contributed by atoms with Gasteiger partial charge in [0.15, 0.2) is 0 Å². The lowest BCUT2D eigenvalue weighted by molar-refractivity contribution is 0.00195. The van der Waals surface area contributed by atoms with Crippen LogP contribution in [0.2, 0.25) is 5.02 Å². The lowest BCUT2D eigenvalue weighted by atomic mass is 9.48. The first-order chi connectivity index (χ1) is 10.0. The minimum atomic E-state index is -0.226. The minimum absolute atomic E-state index is 0.0892. The van der Waals surface area contributed by atoms with Crippen LogP contribution in [-0.4, -0.2) is 13.6 Å². The number of rotatable bonds is 7. The van der Waals surface area contributed by atoms with Gasteiger partial charge >= 0.3 is 0 Å². The summed E-state index contributed by atoms with van der Waals surface area (Å²) in [6, 6.07) is 5.43. The third kappa shape index (κ3) is 3.12. The molecule has 118 valence electrons. The topological polar surface area (TPSA) is 12.0 Å². The molecule has 0 aromatic heterocycles. The Morgan fingerprint density at radius 1 is 1.19 bits per heavy atom. The maximum atomic E-state index is 14.5. The highest BCUT2D eigenvalue weighted by atomic mass is 35.5. The van der Waals surface area contributed by atoms with E-state index in [9.17, 15) is 4.39 Å². The van der Waals surface area contributed by atoms with E-state index in [-0.39, 0.29) is 16.3 Å². The Bertz CT molecular complexity index is 472. The lowest BCUT2D eigenvalue weighted by Crippen LogP contribution is -2.54. The second kappa shape index (κ2) is 6.66. The number of hydrogen-bond acceptors (Lipinski definition) is 1. The molecule has 1 fully saturated rings. The Hall–Kier alpha value is -0.600. The number of hydrogen-bond donors (Lipinski definition) is 1. The molecule has 0 radical (unpaired) electrons. The summed E-state index contributed by atoms with van der Waals surface area (Å²) in [5.41, 5.74) is 1.11. The summed E-state index contributed by atoms with van der Waals surface area (Å²) in [7, 11) is 1.95. The maximum absolute atomic E-state index is 14.5. The van der Waals surface area contributed by atoms with Gasteiger partial charge in [-0.3, -0.25) is 0 Å². The average Bonchev–Trinajstić information content (AvgIpc) is 2.40. The third-order valence-electron chi connectivity index (χ3n) is 5.03. The van der Waals surface area contributed by atoms with Crippen LogP contribution in [0.15, 0.2) is 18.2 Å². The van der Waals surface area contributed by atoms with Crippen LogP contribution in [0, 0.1) is 11.2 Å². The van der Waals surface area contributed by atoms with Gasteiger partial charge in [0.2, 0.25) is 0 Å². The van der Waals surface area contributed by atoms with Crippen molar-refractivity contribution >= 4 is 11.6 Å². The lowest BCUT2D eigenvalue weighted by Gasteiger charge is -2.57. The quantitative estimate of drug-likeness (QED) is 0.719. The Labute approximate surface area is 133 Å². The monoisotopic (exact) mass is 311 g/mol. The van der Waals surface area contributed by atoms with Crippen molar-refractivity contribution in [3.8, 4) is 0 Å². The van der Waals surface area contributed by atoms with Gasteiger partial charge in [-0.1, -0.05) is 50.4 Å². The molecule has 21 heavy (non-hydrogen) atoms. The van der Waals surface area contributed by atoms with Crippen molar-refractivity contribution in [1.29, 1.82) is 0 Å².